The molecule has 0 aromatic carbocycles. The van der Waals surface area contributed by atoms with Crippen molar-refractivity contribution in [3.63, 3.8) is 0 Å². The molecule has 5 nitrogen and oxygen atoms in total. The van der Waals surface area contributed by atoms with Crippen LogP contribution in [0, 0.1) is 0 Å². The highest BCUT2D eigenvalue weighted by Crippen LogP contribution is 2.13. The first-order valence-corrected chi connectivity index (χ1v) is 7.50. The highest BCUT2D eigenvalue weighted by molar-refractivity contribution is 7.91. The Kier molecular flexibility index (Phi) is 4.32. The molecule has 1 aliphatic rings. The van der Waals surface area contributed by atoms with Crippen LogP contribution in [0.25, 0.3) is 0 Å². The molecule has 1 saturated heterocycles. The normalized spacial score (nSPS) is 26.4. The van der Waals surface area contributed by atoms with Crippen LogP contribution in [0.3, 0.4) is 0 Å². The van der Waals surface area contributed by atoms with E-state index in [2.05, 4.69) is 5.32 Å². The van der Waals surface area contributed by atoms with Crippen LogP contribution in [-0.4, -0.2) is 49.5 Å². The van der Waals surface area contributed by atoms with Crippen LogP contribution in [0.15, 0.2) is 0 Å². The maximum absolute atomic E-state index is 11.7. The Bertz CT molecular complexity index is 353. The van der Waals surface area contributed by atoms with Gasteiger partial charge in [0.1, 0.15) is 0 Å². The Balaban J connectivity index is 2.62. The van der Waals surface area contributed by atoms with Crippen molar-refractivity contribution >= 4 is 15.7 Å². The van der Waals surface area contributed by atoms with Crippen LogP contribution >= 0.6 is 0 Å². The maximum atomic E-state index is 11.7. The van der Waals surface area contributed by atoms with E-state index in [9.17, 15) is 13.2 Å². The number of hydrogen-bond acceptors (Lipinski definition) is 4. The van der Waals surface area contributed by atoms with Crippen molar-refractivity contribution in [1.29, 1.82) is 0 Å². The van der Waals surface area contributed by atoms with E-state index in [1.807, 2.05) is 6.92 Å². The fraction of sp³-hybridized carbons (Fsp3) is 0.900. The molecule has 1 rings (SSSR count). The average Bonchev–Trinajstić information content (AvgIpc) is 2.52. The van der Waals surface area contributed by atoms with Gasteiger partial charge in [-0.15, -0.1) is 0 Å². The van der Waals surface area contributed by atoms with Crippen molar-refractivity contribution < 1.29 is 13.2 Å². The summed E-state index contributed by atoms with van der Waals surface area (Å²) in [5.41, 5.74) is 0. The summed E-state index contributed by atoms with van der Waals surface area (Å²) in [5, 5.41) is 3.14. The second-order valence-corrected chi connectivity index (χ2v) is 6.55. The fourth-order valence-corrected chi connectivity index (χ4v) is 2.60. The Hall–Kier alpha value is -0.620. The zero-order valence-corrected chi connectivity index (χ0v) is 10.9. The fourth-order valence-electron chi connectivity index (χ4n) is 1.84. The Labute approximate surface area is 97.1 Å². The van der Waals surface area contributed by atoms with Gasteiger partial charge in [0.2, 0.25) is 5.91 Å². The molecular weight excluding hydrogens is 228 g/mol. The van der Waals surface area contributed by atoms with Crippen LogP contribution in [0.2, 0.25) is 0 Å². The summed E-state index contributed by atoms with van der Waals surface area (Å²) in [5.74, 6) is 0.188. The van der Waals surface area contributed by atoms with Crippen molar-refractivity contribution in [2.75, 3.05) is 18.1 Å². The highest BCUT2D eigenvalue weighted by Gasteiger charge is 2.35. The third-order valence-electron chi connectivity index (χ3n) is 2.94. The number of carbonyl (C=O) groups is 1. The minimum Gasteiger partial charge on any atom is -0.325 e. The molecule has 0 aromatic rings. The van der Waals surface area contributed by atoms with Gasteiger partial charge in [-0.3, -0.25) is 10.1 Å². The Morgan fingerprint density at radius 3 is 2.50 bits per heavy atom. The zero-order valence-electron chi connectivity index (χ0n) is 10.1. The molecule has 0 aromatic heterocycles. The van der Waals surface area contributed by atoms with E-state index in [4.69, 9.17) is 0 Å². The summed E-state index contributed by atoms with van der Waals surface area (Å²) < 4.78 is 22.8. The molecule has 2 unspecified atom stereocenters. The number of carbonyl (C=O) groups excluding carboxylic acids is 1. The molecule has 1 amide bonds. The van der Waals surface area contributed by atoms with Crippen molar-refractivity contribution in [3.05, 3.63) is 0 Å². The van der Waals surface area contributed by atoms with Gasteiger partial charge in [0.05, 0.1) is 18.0 Å². The Morgan fingerprint density at radius 2 is 2.00 bits per heavy atom. The number of nitrogens with one attached hydrogen (secondary N) is 1. The lowest BCUT2D eigenvalue weighted by molar-refractivity contribution is -0.129. The lowest BCUT2D eigenvalue weighted by atomic mass is 10.3. The molecule has 1 heterocycles. The minimum atomic E-state index is -3.00. The molecule has 0 radical (unpaired) electrons. The SMILES string of the molecule is CCC1NC(C)C(=O)N1CCS(=O)(=O)CC. The first kappa shape index (κ1) is 13.4. The van der Waals surface area contributed by atoms with Gasteiger partial charge in [0, 0.05) is 12.3 Å². The molecule has 1 fully saturated rings. The summed E-state index contributed by atoms with van der Waals surface area (Å²) in [6.45, 7) is 5.70. The molecule has 2 atom stereocenters. The molecule has 0 aliphatic carbocycles. The van der Waals surface area contributed by atoms with Crippen LogP contribution < -0.4 is 5.32 Å². The summed E-state index contributed by atoms with van der Waals surface area (Å²) in [6.07, 6.45) is 0.775. The first-order valence-electron chi connectivity index (χ1n) is 5.68. The Morgan fingerprint density at radius 1 is 1.38 bits per heavy atom. The summed E-state index contributed by atoms with van der Waals surface area (Å²) in [7, 11) is -3.00. The van der Waals surface area contributed by atoms with Crippen molar-refractivity contribution in [3.8, 4) is 0 Å². The minimum absolute atomic E-state index is 0.00171. The van der Waals surface area contributed by atoms with Crippen molar-refractivity contribution in [2.24, 2.45) is 0 Å². The van der Waals surface area contributed by atoms with Gasteiger partial charge in [-0.2, -0.15) is 0 Å². The lowest BCUT2D eigenvalue weighted by Crippen LogP contribution is -2.39. The number of sulfone groups is 1. The molecule has 1 aliphatic heterocycles. The first-order chi connectivity index (χ1) is 7.41. The van der Waals surface area contributed by atoms with Crippen LogP contribution in [0.4, 0.5) is 0 Å². The van der Waals surface area contributed by atoms with Gasteiger partial charge < -0.3 is 4.90 Å². The van der Waals surface area contributed by atoms with Crippen LogP contribution in [0.1, 0.15) is 27.2 Å². The summed E-state index contributed by atoms with van der Waals surface area (Å²) in [6, 6.07) is -0.200. The summed E-state index contributed by atoms with van der Waals surface area (Å²) in [4.78, 5) is 13.4. The van der Waals surface area contributed by atoms with Crippen LogP contribution in [-0.2, 0) is 14.6 Å². The van der Waals surface area contributed by atoms with Gasteiger partial charge in [0.15, 0.2) is 9.84 Å². The molecule has 94 valence electrons. The lowest BCUT2D eigenvalue weighted by Gasteiger charge is -2.22. The second-order valence-electron chi connectivity index (χ2n) is 4.08. The van der Waals surface area contributed by atoms with Gasteiger partial charge in [-0.25, -0.2) is 8.42 Å². The third kappa shape index (κ3) is 2.95. The zero-order chi connectivity index (χ0) is 12.3. The van der Waals surface area contributed by atoms with E-state index in [0.29, 0.717) is 6.54 Å². The van der Waals surface area contributed by atoms with E-state index in [0.717, 1.165) is 6.42 Å². The largest absolute Gasteiger partial charge is 0.325 e. The molecular formula is C10H20N2O3S. The monoisotopic (exact) mass is 248 g/mol. The average molecular weight is 248 g/mol. The highest BCUT2D eigenvalue weighted by atomic mass is 32.2. The smallest absolute Gasteiger partial charge is 0.240 e. The van der Waals surface area contributed by atoms with E-state index < -0.39 is 9.84 Å². The van der Waals surface area contributed by atoms with E-state index in [1.165, 1.54) is 0 Å². The number of nitrogens with zero attached hydrogens (tertiary/aromatic N) is 1. The molecule has 0 bridgehead atoms. The number of rotatable bonds is 5. The molecule has 16 heavy (non-hydrogen) atoms. The maximum Gasteiger partial charge on any atom is 0.240 e. The molecule has 6 heteroatoms. The van der Waals surface area contributed by atoms with Crippen molar-refractivity contribution in [1.82, 2.24) is 10.2 Å². The topological polar surface area (TPSA) is 66.5 Å². The molecule has 0 spiro atoms. The van der Waals surface area contributed by atoms with E-state index in [-0.39, 0.29) is 29.6 Å². The predicted octanol–water partition coefficient (Wildman–Crippen LogP) is -0.0225. The van der Waals surface area contributed by atoms with Gasteiger partial charge in [-0.05, 0) is 13.3 Å². The van der Waals surface area contributed by atoms with E-state index in [1.54, 1.807) is 18.7 Å². The van der Waals surface area contributed by atoms with Crippen molar-refractivity contribution in [2.45, 2.75) is 39.4 Å². The van der Waals surface area contributed by atoms with Gasteiger partial charge in [0.25, 0.3) is 0 Å². The summed E-state index contributed by atoms with van der Waals surface area (Å²) >= 11 is 0. The number of hydrogen-bond donors (Lipinski definition) is 1. The quantitative estimate of drug-likeness (QED) is 0.742. The second kappa shape index (κ2) is 5.14. The molecule has 0 saturated carbocycles. The third-order valence-corrected chi connectivity index (χ3v) is 4.63. The molecule has 1 N–H and O–H groups in total. The predicted molar refractivity (Wildman–Crippen MR) is 62.7 cm³/mol. The van der Waals surface area contributed by atoms with Crippen LogP contribution in [0.5, 0.6) is 0 Å². The number of amides is 1. The van der Waals surface area contributed by atoms with E-state index >= 15 is 0 Å². The standard InChI is InChI=1S/C10H20N2O3S/c1-4-9-11-8(3)10(13)12(9)6-7-16(14,15)5-2/h8-9,11H,4-7H2,1-3H3. The van der Waals surface area contributed by atoms with Gasteiger partial charge in [-0.1, -0.05) is 13.8 Å². The van der Waals surface area contributed by atoms with Gasteiger partial charge >= 0.3 is 0 Å².